The van der Waals surface area contributed by atoms with Crippen LogP contribution in [0.25, 0.3) is 0 Å². The van der Waals surface area contributed by atoms with Crippen molar-refractivity contribution in [2.75, 3.05) is 24.6 Å². The zero-order chi connectivity index (χ0) is 26.4. The van der Waals surface area contributed by atoms with Crippen molar-refractivity contribution in [3.8, 4) is 0 Å². The van der Waals surface area contributed by atoms with Crippen molar-refractivity contribution in [3.63, 3.8) is 0 Å². The smallest absolute Gasteiger partial charge is 0.249 e. The van der Waals surface area contributed by atoms with Crippen LogP contribution in [0.2, 0.25) is 0 Å². The van der Waals surface area contributed by atoms with Crippen LogP contribution in [0.3, 0.4) is 0 Å². The van der Waals surface area contributed by atoms with Gasteiger partial charge in [-0.2, -0.15) is 0 Å². The van der Waals surface area contributed by atoms with Gasteiger partial charge < -0.3 is 24.5 Å². The number of hydrogen-bond acceptors (Lipinski definition) is 5. The zero-order valence-electron chi connectivity index (χ0n) is 21.2. The summed E-state index contributed by atoms with van der Waals surface area (Å²) in [4.78, 5) is 47.3. The van der Waals surface area contributed by atoms with E-state index in [-0.39, 0.29) is 24.3 Å². The number of aliphatic hydroxyl groups excluding tert-OH is 1. The molecule has 2 saturated heterocycles. The molecule has 1 spiro atoms. The normalized spacial score (nSPS) is 31.1. The predicted octanol–water partition coefficient (Wildman–Crippen LogP) is 2.15. The van der Waals surface area contributed by atoms with Gasteiger partial charge in [0.05, 0.1) is 30.6 Å². The molecule has 2 aromatic rings. The van der Waals surface area contributed by atoms with E-state index in [1.807, 2.05) is 85.0 Å². The Morgan fingerprint density at radius 1 is 0.947 bits per heavy atom. The average Bonchev–Trinajstić information content (AvgIpc) is 3.27. The molecule has 0 saturated carbocycles. The maximum atomic E-state index is 14.2. The van der Waals surface area contributed by atoms with E-state index in [1.54, 1.807) is 16.7 Å². The van der Waals surface area contributed by atoms with Crippen molar-refractivity contribution in [3.05, 3.63) is 90.5 Å². The SMILES string of the molecule is C[C@H](CO)N1C(=O)[C@@H]2[C@H]3C(=O)N(c4ccccc4)CC=C[C@H]3O[C@@]23C=CCN(Cc2ccccc2)C(=O)C13. The zero-order valence-corrected chi connectivity index (χ0v) is 21.2. The van der Waals surface area contributed by atoms with E-state index < -0.39 is 35.6 Å². The summed E-state index contributed by atoms with van der Waals surface area (Å²) >= 11 is 0. The molecule has 1 N–H and O–H groups in total. The highest BCUT2D eigenvalue weighted by Gasteiger charge is 2.72. The molecule has 38 heavy (non-hydrogen) atoms. The van der Waals surface area contributed by atoms with Crippen LogP contribution in [0.5, 0.6) is 0 Å². The molecule has 196 valence electrons. The fraction of sp³-hybridized carbons (Fsp3) is 0.367. The third-order valence-corrected chi connectivity index (χ3v) is 8.20. The monoisotopic (exact) mass is 513 g/mol. The minimum atomic E-state index is -1.31. The van der Waals surface area contributed by atoms with Gasteiger partial charge in [0, 0.05) is 25.3 Å². The van der Waals surface area contributed by atoms with Crippen LogP contribution >= 0.6 is 0 Å². The lowest BCUT2D eigenvalue weighted by atomic mass is 9.77. The molecule has 0 aliphatic carbocycles. The molecular formula is C30H31N3O5. The molecule has 4 heterocycles. The number of carbonyl (C=O) groups is 3. The van der Waals surface area contributed by atoms with E-state index in [0.717, 1.165) is 11.3 Å². The Labute approximate surface area is 221 Å². The number of likely N-dealkylation sites (tertiary alicyclic amines) is 1. The van der Waals surface area contributed by atoms with Crippen molar-refractivity contribution in [1.82, 2.24) is 9.80 Å². The number of amides is 3. The molecule has 8 heteroatoms. The van der Waals surface area contributed by atoms with Gasteiger partial charge in [0.15, 0.2) is 0 Å². The Bertz CT molecular complexity index is 1300. The first kappa shape index (κ1) is 24.6. The average molecular weight is 514 g/mol. The second kappa shape index (κ2) is 9.53. The van der Waals surface area contributed by atoms with Crippen molar-refractivity contribution in [1.29, 1.82) is 0 Å². The third-order valence-electron chi connectivity index (χ3n) is 8.20. The Hall–Kier alpha value is -3.75. The number of para-hydroxylation sites is 1. The van der Waals surface area contributed by atoms with E-state index in [4.69, 9.17) is 4.74 Å². The molecule has 4 aliphatic heterocycles. The highest BCUT2D eigenvalue weighted by molar-refractivity contribution is 6.03. The standard InChI is InChI=1S/C30H31N3O5/c1-20(19-34)33-26-29(37)31(18-21-10-4-2-5-11-21)16-9-15-30(26)25(28(33)36)24-23(38-30)14-8-17-32(27(24)35)22-12-6-3-7-13-22/h2-15,20,23-26,34H,16-19H2,1H3/t20-,23-,24+,25+,26?,30+/m1/s1. The van der Waals surface area contributed by atoms with Gasteiger partial charge in [-0.05, 0) is 24.6 Å². The summed E-state index contributed by atoms with van der Waals surface area (Å²) < 4.78 is 6.65. The highest BCUT2D eigenvalue weighted by atomic mass is 16.5. The number of carbonyl (C=O) groups excluding carboxylic acids is 3. The number of aliphatic hydroxyl groups is 1. The fourth-order valence-electron chi connectivity index (χ4n) is 6.47. The summed E-state index contributed by atoms with van der Waals surface area (Å²) in [5, 5.41) is 10.1. The molecule has 2 fully saturated rings. The summed E-state index contributed by atoms with van der Waals surface area (Å²) in [6.45, 7) is 2.52. The van der Waals surface area contributed by atoms with Crippen LogP contribution in [0.4, 0.5) is 5.69 Å². The van der Waals surface area contributed by atoms with Gasteiger partial charge in [-0.3, -0.25) is 14.4 Å². The number of ether oxygens (including phenoxy) is 1. The number of fused-ring (bicyclic) bond motifs is 2. The first-order chi connectivity index (χ1) is 18.5. The maximum Gasteiger partial charge on any atom is 0.249 e. The van der Waals surface area contributed by atoms with Gasteiger partial charge in [0.25, 0.3) is 0 Å². The molecule has 2 aromatic carbocycles. The first-order valence-electron chi connectivity index (χ1n) is 13.1. The number of nitrogens with zero attached hydrogens (tertiary/aromatic N) is 3. The molecule has 6 atom stereocenters. The van der Waals surface area contributed by atoms with Crippen LogP contribution in [-0.4, -0.2) is 76.1 Å². The number of hydrogen-bond donors (Lipinski definition) is 1. The van der Waals surface area contributed by atoms with Crippen molar-refractivity contribution in [2.45, 2.75) is 37.3 Å². The summed E-state index contributed by atoms with van der Waals surface area (Å²) in [5.74, 6) is -2.46. The Balaban J connectivity index is 1.42. The van der Waals surface area contributed by atoms with Crippen LogP contribution in [0.15, 0.2) is 85.0 Å². The Morgan fingerprint density at radius 2 is 1.66 bits per heavy atom. The van der Waals surface area contributed by atoms with Crippen molar-refractivity contribution in [2.24, 2.45) is 11.8 Å². The number of anilines is 1. The van der Waals surface area contributed by atoms with Crippen LogP contribution in [-0.2, 0) is 25.7 Å². The topological polar surface area (TPSA) is 90.4 Å². The molecule has 6 rings (SSSR count). The Kier molecular flexibility index (Phi) is 6.16. The lowest BCUT2D eigenvalue weighted by molar-refractivity contribution is -0.150. The van der Waals surface area contributed by atoms with Gasteiger partial charge in [-0.1, -0.05) is 72.8 Å². The summed E-state index contributed by atoms with van der Waals surface area (Å²) in [6, 6.07) is 17.5. The summed E-state index contributed by atoms with van der Waals surface area (Å²) in [7, 11) is 0. The molecule has 0 bridgehead atoms. The third kappa shape index (κ3) is 3.70. The largest absolute Gasteiger partial charge is 0.394 e. The van der Waals surface area contributed by atoms with E-state index in [0.29, 0.717) is 19.6 Å². The molecule has 1 unspecified atom stereocenters. The lowest BCUT2D eigenvalue weighted by Crippen LogP contribution is -2.57. The van der Waals surface area contributed by atoms with E-state index in [2.05, 4.69) is 0 Å². The van der Waals surface area contributed by atoms with Gasteiger partial charge >= 0.3 is 0 Å². The highest BCUT2D eigenvalue weighted by Crippen LogP contribution is 2.54. The van der Waals surface area contributed by atoms with Crippen molar-refractivity contribution >= 4 is 23.4 Å². The van der Waals surface area contributed by atoms with E-state index in [1.165, 1.54) is 4.90 Å². The molecule has 4 aliphatic rings. The number of rotatable bonds is 5. The molecular weight excluding hydrogens is 482 g/mol. The molecule has 0 aromatic heterocycles. The minimum absolute atomic E-state index is 0.204. The maximum absolute atomic E-state index is 14.2. The van der Waals surface area contributed by atoms with Crippen molar-refractivity contribution < 1.29 is 24.2 Å². The predicted molar refractivity (Wildman–Crippen MR) is 141 cm³/mol. The number of benzene rings is 2. The lowest BCUT2D eigenvalue weighted by Gasteiger charge is -2.37. The van der Waals surface area contributed by atoms with E-state index >= 15 is 0 Å². The quantitative estimate of drug-likeness (QED) is 0.619. The van der Waals surface area contributed by atoms with Gasteiger partial charge in [-0.15, -0.1) is 0 Å². The second-order valence-electron chi connectivity index (χ2n) is 10.4. The van der Waals surface area contributed by atoms with E-state index in [9.17, 15) is 19.5 Å². The second-order valence-corrected chi connectivity index (χ2v) is 10.4. The van der Waals surface area contributed by atoms with Crippen LogP contribution in [0, 0.1) is 11.8 Å². The summed E-state index contributed by atoms with van der Waals surface area (Å²) in [5.41, 5.74) is 0.410. The van der Waals surface area contributed by atoms with Crippen LogP contribution < -0.4 is 4.90 Å². The van der Waals surface area contributed by atoms with Gasteiger partial charge in [0.1, 0.15) is 11.6 Å². The molecule has 3 amide bonds. The van der Waals surface area contributed by atoms with Crippen LogP contribution in [0.1, 0.15) is 12.5 Å². The summed E-state index contributed by atoms with van der Waals surface area (Å²) in [6.07, 6.45) is 6.81. The molecule has 0 radical (unpaired) electrons. The minimum Gasteiger partial charge on any atom is -0.394 e. The first-order valence-corrected chi connectivity index (χ1v) is 13.1. The van der Waals surface area contributed by atoms with Gasteiger partial charge in [-0.25, -0.2) is 0 Å². The van der Waals surface area contributed by atoms with Gasteiger partial charge in [0.2, 0.25) is 17.7 Å². The Morgan fingerprint density at radius 3 is 2.37 bits per heavy atom. The fourth-order valence-corrected chi connectivity index (χ4v) is 6.47. The molecule has 8 nitrogen and oxygen atoms in total.